The van der Waals surface area contributed by atoms with Crippen molar-refractivity contribution in [2.24, 2.45) is 0 Å². The average Bonchev–Trinajstić information content (AvgIpc) is 2.89. The predicted octanol–water partition coefficient (Wildman–Crippen LogP) is 2.31. The van der Waals surface area contributed by atoms with Crippen molar-refractivity contribution < 1.29 is 8.96 Å². The molecule has 0 N–H and O–H groups in total. The minimum atomic E-state index is -0.417. The maximum Gasteiger partial charge on any atom is 0.508 e. The maximum absolute atomic E-state index is 13.9. The van der Waals surface area contributed by atoms with Crippen LogP contribution in [-0.2, 0) is 0 Å². The van der Waals surface area contributed by atoms with Gasteiger partial charge in [0, 0.05) is 5.39 Å². The molecule has 0 saturated heterocycles. The summed E-state index contributed by atoms with van der Waals surface area (Å²) in [5.74, 6) is -0.417. The Hall–Kier alpha value is -2.75. The van der Waals surface area contributed by atoms with Gasteiger partial charge in [-0.1, -0.05) is 24.3 Å². The quantitative estimate of drug-likeness (QED) is 0.485. The fourth-order valence-electron chi connectivity index (χ4n) is 2.62. The molecule has 2 aromatic carbocycles. The zero-order valence-electron chi connectivity index (χ0n) is 10.5. The van der Waals surface area contributed by atoms with Crippen molar-refractivity contribution in [2.75, 3.05) is 0 Å². The summed E-state index contributed by atoms with van der Waals surface area (Å²) in [4.78, 5) is 12.5. The lowest BCUT2D eigenvalue weighted by molar-refractivity contribution is -0.616. The Balaban J connectivity index is 2.19. The number of hydrogen-bond donors (Lipinski definition) is 0. The summed E-state index contributed by atoms with van der Waals surface area (Å²) in [5, 5.41) is 1.90. The molecular weight excluding hydrogens is 255 g/mol. The van der Waals surface area contributed by atoms with E-state index in [2.05, 4.69) is 0 Å². The van der Waals surface area contributed by atoms with Crippen LogP contribution in [-0.4, -0.2) is 4.40 Å². The molecule has 4 heteroatoms. The average molecular weight is 265 g/mol. The lowest BCUT2D eigenvalue weighted by Gasteiger charge is -2.02. The Morgan fingerprint density at radius 3 is 2.60 bits per heavy atom. The van der Waals surface area contributed by atoms with E-state index in [0.29, 0.717) is 0 Å². The molecular formula is C16H10FN2O+. The summed E-state index contributed by atoms with van der Waals surface area (Å²) in [7, 11) is 0. The Kier molecular flexibility index (Phi) is 2.15. The fraction of sp³-hybridized carbons (Fsp3) is 0. The van der Waals surface area contributed by atoms with Crippen LogP contribution >= 0.6 is 0 Å². The van der Waals surface area contributed by atoms with Crippen LogP contribution in [0.1, 0.15) is 0 Å². The minimum Gasteiger partial charge on any atom is -0.202 e. The summed E-state index contributed by atoms with van der Waals surface area (Å²) in [6, 6.07) is 13.9. The number of nitrogens with zero attached hydrogens (tertiary/aromatic N) is 2. The van der Waals surface area contributed by atoms with Gasteiger partial charge < -0.3 is 0 Å². The topological polar surface area (TPSA) is 25.4 Å². The second kappa shape index (κ2) is 3.87. The van der Waals surface area contributed by atoms with Gasteiger partial charge in [0.25, 0.3) is 0 Å². The third kappa shape index (κ3) is 1.39. The van der Waals surface area contributed by atoms with Gasteiger partial charge in [0.1, 0.15) is 12.4 Å². The van der Waals surface area contributed by atoms with Gasteiger partial charge in [-0.2, -0.15) is 13.8 Å². The number of rotatable bonds is 1. The summed E-state index contributed by atoms with van der Waals surface area (Å²) in [6.45, 7) is 0. The second-order valence-electron chi connectivity index (χ2n) is 4.70. The van der Waals surface area contributed by atoms with Crippen LogP contribution in [0.25, 0.3) is 22.0 Å². The largest absolute Gasteiger partial charge is 0.508 e. The third-order valence-electron chi connectivity index (χ3n) is 3.53. The van der Waals surface area contributed by atoms with Crippen LogP contribution in [0.2, 0.25) is 0 Å². The van der Waals surface area contributed by atoms with Crippen LogP contribution in [0.4, 0.5) is 4.39 Å². The molecule has 0 unspecified atom stereocenters. The molecule has 0 radical (unpaired) electrons. The molecule has 96 valence electrons. The first-order chi connectivity index (χ1) is 9.75. The third-order valence-corrected chi connectivity index (χ3v) is 3.53. The molecule has 20 heavy (non-hydrogen) atoms. The van der Waals surface area contributed by atoms with Crippen LogP contribution in [0.3, 0.4) is 0 Å². The van der Waals surface area contributed by atoms with E-state index in [1.807, 2.05) is 24.3 Å². The Morgan fingerprint density at radius 2 is 1.75 bits per heavy atom. The van der Waals surface area contributed by atoms with Gasteiger partial charge in [0.05, 0.1) is 5.39 Å². The summed E-state index contributed by atoms with van der Waals surface area (Å²) in [5.41, 5.74) is 0.850. The Labute approximate surface area is 113 Å². The van der Waals surface area contributed by atoms with E-state index in [9.17, 15) is 9.18 Å². The predicted molar refractivity (Wildman–Crippen MR) is 73.8 cm³/mol. The molecule has 4 rings (SSSR count). The normalized spacial score (nSPS) is 11.4. The van der Waals surface area contributed by atoms with E-state index in [4.69, 9.17) is 0 Å². The number of hydrogen-bond acceptors (Lipinski definition) is 1. The van der Waals surface area contributed by atoms with Gasteiger partial charge in [-0.15, -0.1) is 0 Å². The molecule has 0 atom stereocenters. The van der Waals surface area contributed by atoms with Crippen LogP contribution in [0.15, 0.2) is 65.7 Å². The highest BCUT2D eigenvalue weighted by molar-refractivity contribution is 5.95. The van der Waals surface area contributed by atoms with Crippen molar-refractivity contribution >= 4 is 16.3 Å². The first-order valence-electron chi connectivity index (χ1n) is 6.29. The second-order valence-corrected chi connectivity index (χ2v) is 4.70. The molecule has 4 aromatic rings. The molecule has 0 fully saturated rings. The number of para-hydroxylation sites is 2. The highest BCUT2D eigenvalue weighted by Gasteiger charge is 2.19. The number of aromatic nitrogens is 2. The standard InChI is InChI=1S/C16H10FN2O/c17-13-6-1-2-7-14(13)19-10-12-5-3-4-11-8-9-18(15(11)12)16(19)20/h1-10H/q+1. The zero-order chi connectivity index (χ0) is 13.7. The van der Waals surface area contributed by atoms with E-state index in [0.717, 1.165) is 16.3 Å². The molecule has 2 heterocycles. The summed E-state index contributed by atoms with van der Waals surface area (Å²) >= 11 is 0. The minimum absolute atomic E-state index is 0.258. The van der Waals surface area contributed by atoms with E-state index in [-0.39, 0.29) is 11.4 Å². The Bertz CT molecular complexity index is 990. The molecule has 0 spiro atoms. The monoisotopic (exact) mass is 265 g/mol. The van der Waals surface area contributed by atoms with Crippen molar-refractivity contribution in [2.45, 2.75) is 0 Å². The molecule has 0 aliphatic heterocycles. The molecule has 0 aliphatic carbocycles. The molecule has 2 aromatic heterocycles. The number of halogens is 1. The highest BCUT2D eigenvalue weighted by atomic mass is 19.1. The van der Waals surface area contributed by atoms with Crippen molar-refractivity contribution in [3.8, 4) is 5.69 Å². The van der Waals surface area contributed by atoms with Crippen molar-refractivity contribution in [3.63, 3.8) is 0 Å². The lowest BCUT2D eigenvalue weighted by atomic mass is 10.2. The van der Waals surface area contributed by atoms with Crippen molar-refractivity contribution in [1.82, 2.24) is 4.40 Å². The number of benzene rings is 2. The van der Waals surface area contributed by atoms with Gasteiger partial charge in [-0.05, 0) is 24.3 Å². The SMILES string of the molecule is O=c1n2ccc3cccc(c[n+]1-c1ccccc1F)c32. The van der Waals surface area contributed by atoms with Crippen LogP contribution < -0.4 is 10.3 Å². The first kappa shape index (κ1) is 11.1. The first-order valence-corrected chi connectivity index (χ1v) is 6.29. The van der Waals surface area contributed by atoms with Crippen LogP contribution in [0, 0.1) is 5.82 Å². The molecule has 0 bridgehead atoms. The van der Waals surface area contributed by atoms with Crippen LogP contribution in [0.5, 0.6) is 0 Å². The summed E-state index contributed by atoms with van der Waals surface area (Å²) in [6.07, 6.45) is 3.40. The van der Waals surface area contributed by atoms with E-state index >= 15 is 0 Å². The lowest BCUT2D eigenvalue weighted by Crippen LogP contribution is -2.50. The van der Waals surface area contributed by atoms with Crippen molar-refractivity contribution in [3.05, 3.63) is 77.2 Å². The molecule has 0 saturated carbocycles. The van der Waals surface area contributed by atoms with Gasteiger partial charge >= 0.3 is 5.69 Å². The van der Waals surface area contributed by atoms with Gasteiger partial charge in [0.15, 0.2) is 17.0 Å². The smallest absolute Gasteiger partial charge is 0.202 e. The van der Waals surface area contributed by atoms with E-state index < -0.39 is 5.82 Å². The van der Waals surface area contributed by atoms with E-state index in [1.54, 1.807) is 35.0 Å². The molecule has 3 nitrogen and oxygen atoms in total. The fourth-order valence-corrected chi connectivity index (χ4v) is 2.62. The van der Waals surface area contributed by atoms with Gasteiger partial charge in [-0.25, -0.2) is 4.39 Å². The molecule has 0 aliphatic rings. The van der Waals surface area contributed by atoms with Gasteiger partial charge in [0.2, 0.25) is 0 Å². The van der Waals surface area contributed by atoms with E-state index in [1.165, 1.54) is 10.6 Å². The summed E-state index contributed by atoms with van der Waals surface area (Å²) < 4.78 is 16.8. The van der Waals surface area contributed by atoms with Crippen molar-refractivity contribution in [1.29, 1.82) is 0 Å². The molecule has 0 amide bonds. The Morgan fingerprint density at radius 1 is 0.950 bits per heavy atom. The zero-order valence-corrected chi connectivity index (χ0v) is 10.5. The van der Waals surface area contributed by atoms with Gasteiger partial charge in [-0.3, -0.25) is 0 Å². The highest BCUT2D eigenvalue weighted by Crippen LogP contribution is 2.19. The maximum atomic E-state index is 13.9.